The number of anilines is 2. The summed E-state index contributed by atoms with van der Waals surface area (Å²) in [6, 6.07) is 10.6. The smallest absolute Gasteiger partial charge is 0.269 e. The van der Waals surface area contributed by atoms with Gasteiger partial charge in [0, 0.05) is 36.6 Å². The molecule has 1 aliphatic rings. The Morgan fingerprint density at radius 3 is 2.29 bits per heavy atom. The summed E-state index contributed by atoms with van der Waals surface area (Å²) >= 11 is 0. The van der Waals surface area contributed by atoms with E-state index in [1.165, 1.54) is 18.2 Å². The highest BCUT2D eigenvalue weighted by Gasteiger charge is 2.24. The minimum Gasteiger partial charge on any atom is -0.376 e. The lowest BCUT2D eigenvalue weighted by Crippen LogP contribution is -2.31. The topological polar surface area (TPSA) is 122 Å². The SMILES string of the molecule is Cc1cc([N+](=O)[O-])ccc1NC(=O)CNc1ccc(S(=O)(=O)N2CCCCCC2)cc1. The number of nitrogens with one attached hydrogen (secondary N) is 2. The largest absolute Gasteiger partial charge is 0.376 e. The minimum atomic E-state index is -3.51. The van der Waals surface area contributed by atoms with Gasteiger partial charge in [0.2, 0.25) is 15.9 Å². The fraction of sp³-hybridized carbons (Fsp3) is 0.381. The van der Waals surface area contributed by atoms with Crippen LogP contribution in [0.5, 0.6) is 0 Å². The fourth-order valence-corrected chi connectivity index (χ4v) is 4.97. The van der Waals surface area contributed by atoms with Crippen LogP contribution < -0.4 is 10.6 Å². The molecule has 0 aromatic heterocycles. The van der Waals surface area contributed by atoms with E-state index in [1.807, 2.05) is 0 Å². The van der Waals surface area contributed by atoms with Crippen LogP contribution in [0, 0.1) is 17.0 Å². The molecule has 166 valence electrons. The molecule has 1 saturated heterocycles. The maximum absolute atomic E-state index is 12.8. The van der Waals surface area contributed by atoms with Gasteiger partial charge in [-0.2, -0.15) is 4.31 Å². The molecule has 10 heteroatoms. The zero-order valence-corrected chi connectivity index (χ0v) is 18.2. The van der Waals surface area contributed by atoms with E-state index in [1.54, 1.807) is 35.5 Å². The van der Waals surface area contributed by atoms with E-state index in [-0.39, 0.29) is 23.0 Å². The average Bonchev–Trinajstić information content (AvgIpc) is 3.04. The van der Waals surface area contributed by atoms with Gasteiger partial charge in [-0.3, -0.25) is 14.9 Å². The second-order valence-corrected chi connectivity index (χ2v) is 9.44. The number of carbonyl (C=O) groups is 1. The molecule has 0 spiro atoms. The second-order valence-electron chi connectivity index (χ2n) is 7.50. The van der Waals surface area contributed by atoms with E-state index in [0.717, 1.165) is 25.7 Å². The van der Waals surface area contributed by atoms with Crippen molar-refractivity contribution >= 4 is 33.0 Å². The molecule has 0 bridgehead atoms. The summed E-state index contributed by atoms with van der Waals surface area (Å²) in [6.45, 7) is 2.74. The van der Waals surface area contributed by atoms with Crippen molar-refractivity contribution in [2.75, 3.05) is 30.3 Å². The Hall–Kier alpha value is -2.98. The van der Waals surface area contributed by atoms with Gasteiger partial charge in [-0.25, -0.2) is 8.42 Å². The highest BCUT2D eigenvalue weighted by Crippen LogP contribution is 2.23. The van der Waals surface area contributed by atoms with Gasteiger partial charge in [-0.1, -0.05) is 12.8 Å². The standard InChI is InChI=1S/C21H26N4O5S/c1-16-14-18(25(27)28)8-11-20(16)23-21(26)15-22-17-6-9-19(10-7-17)31(29,30)24-12-4-2-3-5-13-24/h6-11,14,22H,2-5,12-13,15H2,1H3,(H,23,26). The van der Waals surface area contributed by atoms with Gasteiger partial charge in [0.25, 0.3) is 5.69 Å². The van der Waals surface area contributed by atoms with Crippen LogP contribution in [0.15, 0.2) is 47.4 Å². The summed E-state index contributed by atoms with van der Waals surface area (Å²) in [6.07, 6.45) is 3.86. The van der Waals surface area contributed by atoms with Crippen molar-refractivity contribution in [3.63, 3.8) is 0 Å². The molecule has 0 radical (unpaired) electrons. The Bertz CT molecular complexity index is 1050. The van der Waals surface area contributed by atoms with Gasteiger partial charge in [0.05, 0.1) is 16.4 Å². The Kier molecular flexibility index (Phi) is 7.24. The molecule has 1 fully saturated rings. The third-order valence-electron chi connectivity index (χ3n) is 5.21. The molecular weight excluding hydrogens is 420 g/mol. The zero-order valence-electron chi connectivity index (χ0n) is 17.3. The summed E-state index contributed by atoms with van der Waals surface area (Å²) in [5.74, 6) is -0.321. The molecular formula is C21H26N4O5S. The number of aryl methyl sites for hydroxylation is 1. The van der Waals surface area contributed by atoms with Gasteiger partial charge >= 0.3 is 0 Å². The number of nitrogens with zero attached hydrogens (tertiary/aromatic N) is 2. The molecule has 1 heterocycles. The van der Waals surface area contributed by atoms with E-state index in [4.69, 9.17) is 0 Å². The number of nitro benzene ring substituents is 1. The fourth-order valence-electron chi connectivity index (χ4n) is 3.45. The van der Waals surface area contributed by atoms with Crippen LogP contribution in [-0.2, 0) is 14.8 Å². The molecule has 0 atom stereocenters. The lowest BCUT2D eigenvalue weighted by Gasteiger charge is -2.20. The van der Waals surface area contributed by atoms with Crippen molar-refractivity contribution in [1.82, 2.24) is 4.31 Å². The van der Waals surface area contributed by atoms with Crippen LogP contribution in [0.25, 0.3) is 0 Å². The lowest BCUT2D eigenvalue weighted by atomic mass is 10.2. The Morgan fingerprint density at radius 2 is 1.71 bits per heavy atom. The Balaban J connectivity index is 1.57. The van der Waals surface area contributed by atoms with Crippen LogP contribution in [0.1, 0.15) is 31.2 Å². The highest BCUT2D eigenvalue weighted by molar-refractivity contribution is 7.89. The van der Waals surface area contributed by atoms with Crippen molar-refractivity contribution in [3.8, 4) is 0 Å². The first kappa shape index (κ1) is 22.7. The summed E-state index contributed by atoms with van der Waals surface area (Å²) in [7, 11) is -3.51. The number of non-ortho nitro benzene ring substituents is 1. The van der Waals surface area contributed by atoms with Gasteiger partial charge in [0.15, 0.2) is 0 Å². The number of hydrogen-bond acceptors (Lipinski definition) is 6. The predicted molar refractivity (Wildman–Crippen MR) is 119 cm³/mol. The van der Waals surface area contributed by atoms with Crippen LogP contribution in [0.2, 0.25) is 0 Å². The molecule has 9 nitrogen and oxygen atoms in total. The Labute approximate surface area is 181 Å². The van der Waals surface area contributed by atoms with Crippen LogP contribution in [-0.4, -0.2) is 43.2 Å². The van der Waals surface area contributed by atoms with Crippen LogP contribution >= 0.6 is 0 Å². The Morgan fingerprint density at radius 1 is 1.06 bits per heavy atom. The van der Waals surface area contributed by atoms with Crippen LogP contribution in [0.3, 0.4) is 0 Å². The number of hydrogen-bond donors (Lipinski definition) is 2. The average molecular weight is 447 g/mol. The second kappa shape index (κ2) is 9.88. The number of amides is 1. The monoisotopic (exact) mass is 446 g/mol. The minimum absolute atomic E-state index is 0.0331. The molecule has 2 aromatic carbocycles. The van der Waals surface area contributed by atoms with Gasteiger partial charge in [-0.05, 0) is 55.7 Å². The van der Waals surface area contributed by atoms with Crippen molar-refractivity contribution < 1.29 is 18.1 Å². The van der Waals surface area contributed by atoms with Gasteiger partial charge < -0.3 is 10.6 Å². The summed E-state index contributed by atoms with van der Waals surface area (Å²) in [5, 5.41) is 16.5. The molecule has 3 rings (SSSR count). The van der Waals surface area contributed by atoms with E-state index in [2.05, 4.69) is 10.6 Å². The third-order valence-corrected chi connectivity index (χ3v) is 7.12. The predicted octanol–water partition coefficient (Wildman–Crippen LogP) is 3.52. The molecule has 1 amide bonds. The number of sulfonamides is 1. The first-order valence-electron chi connectivity index (χ1n) is 10.2. The number of nitro groups is 1. The summed E-state index contributed by atoms with van der Waals surface area (Å²) < 4.78 is 27.2. The van der Waals surface area contributed by atoms with Gasteiger partial charge in [0.1, 0.15) is 0 Å². The quantitative estimate of drug-likeness (QED) is 0.496. The first-order chi connectivity index (χ1) is 14.8. The molecule has 0 saturated carbocycles. The normalized spacial score (nSPS) is 15.1. The summed E-state index contributed by atoms with van der Waals surface area (Å²) in [4.78, 5) is 22.8. The summed E-state index contributed by atoms with van der Waals surface area (Å²) in [5.41, 5.74) is 1.66. The first-order valence-corrected chi connectivity index (χ1v) is 11.6. The van der Waals surface area contributed by atoms with Gasteiger partial charge in [-0.15, -0.1) is 0 Å². The highest BCUT2D eigenvalue weighted by atomic mass is 32.2. The van der Waals surface area contributed by atoms with Crippen molar-refractivity contribution in [1.29, 1.82) is 0 Å². The van der Waals surface area contributed by atoms with E-state index >= 15 is 0 Å². The number of benzene rings is 2. The lowest BCUT2D eigenvalue weighted by molar-refractivity contribution is -0.384. The van der Waals surface area contributed by atoms with Crippen LogP contribution in [0.4, 0.5) is 17.1 Å². The van der Waals surface area contributed by atoms with Crippen molar-refractivity contribution in [3.05, 3.63) is 58.1 Å². The van der Waals surface area contributed by atoms with E-state index < -0.39 is 14.9 Å². The van der Waals surface area contributed by atoms with E-state index in [0.29, 0.717) is 30.0 Å². The number of rotatable bonds is 7. The van der Waals surface area contributed by atoms with Crippen molar-refractivity contribution in [2.45, 2.75) is 37.5 Å². The van der Waals surface area contributed by atoms with Crippen molar-refractivity contribution in [2.24, 2.45) is 0 Å². The third kappa shape index (κ3) is 5.80. The molecule has 0 unspecified atom stereocenters. The maximum atomic E-state index is 12.8. The molecule has 0 aliphatic carbocycles. The molecule has 31 heavy (non-hydrogen) atoms. The molecule has 2 N–H and O–H groups in total. The molecule has 1 aliphatic heterocycles. The zero-order chi connectivity index (χ0) is 22.4. The number of carbonyl (C=O) groups excluding carboxylic acids is 1. The maximum Gasteiger partial charge on any atom is 0.269 e. The van der Waals surface area contributed by atoms with E-state index in [9.17, 15) is 23.3 Å². The molecule has 2 aromatic rings.